The van der Waals surface area contributed by atoms with Crippen LogP contribution >= 0.6 is 0 Å². The summed E-state index contributed by atoms with van der Waals surface area (Å²) in [6, 6.07) is -0.496. The minimum atomic E-state index is -0.507. The largest absolute Gasteiger partial charge is 0.465 e. The molecule has 0 atom stereocenters. The minimum absolute atomic E-state index is 0.0531. The maximum absolute atomic E-state index is 11.4. The van der Waals surface area contributed by atoms with E-state index in [0.717, 1.165) is 0 Å². The number of likely N-dealkylation sites (N-methyl/N-ethyl adjacent to an activating group) is 2. The van der Waals surface area contributed by atoms with Gasteiger partial charge in [0, 0.05) is 13.6 Å². The number of ether oxygens (including phenoxy) is 1. The van der Waals surface area contributed by atoms with Crippen molar-refractivity contribution in [3.8, 4) is 0 Å². The molecule has 0 spiro atoms. The van der Waals surface area contributed by atoms with Gasteiger partial charge in [0.1, 0.15) is 13.1 Å². The predicted octanol–water partition coefficient (Wildman–Crippen LogP) is -0.673. The van der Waals surface area contributed by atoms with Crippen molar-refractivity contribution < 1.29 is 19.1 Å². The van der Waals surface area contributed by atoms with Crippen molar-refractivity contribution in [2.75, 3.05) is 33.3 Å². The number of carbonyl (C=O) groups excluding carboxylic acids is 3. The molecule has 0 aliphatic heterocycles. The minimum Gasteiger partial charge on any atom is -0.465 e. The summed E-state index contributed by atoms with van der Waals surface area (Å²) in [5.74, 6) is -0.756. The van der Waals surface area contributed by atoms with Crippen LogP contribution in [0.4, 0.5) is 4.79 Å². The highest BCUT2D eigenvalue weighted by atomic mass is 16.5. The van der Waals surface area contributed by atoms with E-state index in [2.05, 4.69) is 15.4 Å². The molecule has 7 nitrogen and oxygen atoms in total. The topological polar surface area (TPSA) is 87.7 Å². The van der Waals surface area contributed by atoms with Gasteiger partial charge in [-0.2, -0.15) is 0 Å². The van der Waals surface area contributed by atoms with Crippen molar-refractivity contribution in [2.45, 2.75) is 13.8 Å². The van der Waals surface area contributed by atoms with Crippen LogP contribution in [-0.4, -0.2) is 56.1 Å². The van der Waals surface area contributed by atoms with Gasteiger partial charge in [-0.25, -0.2) is 4.79 Å². The van der Waals surface area contributed by atoms with Crippen molar-refractivity contribution >= 4 is 17.9 Å². The van der Waals surface area contributed by atoms with Gasteiger partial charge in [-0.15, -0.1) is 0 Å². The Hall–Kier alpha value is -1.79. The summed E-state index contributed by atoms with van der Waals surface area (Å²) in [5.41, 5.74) is 0. The maximum atomic E-state index is 11.4. The third kappa shape index (κ3) is 7.15. The molecule has 0 aliphatic carbocycles. The van der Waals surface area contributed by atoms with Crippen LogP contribution in [-0.2, 0) is 14.3 Å². The fourth-order valence-corrected chi connectivity index (χ4v) is 1.04. The molecule has 0 heterocycles. The molecule has 3 amide bonds. The van der Waals surface area contributed by atoms with Crippen LogP contribution in [0.3, 0.4) is 0 Å². The van der Waals surface area contributed by atoms with Gasteiger partial charge in [-0.3, -0.25) is 9.59 Å². The van der Waals surface area contributed by atoms with Crippen LogP contribution in [0.5, 0.6) is 0 Å². The lowest BCUT2D eigenvalue weighted by Gasteiger charge is -2.16. The third-order valence-corrected chi connectivity index (χ3v) is 1.79. The number of hydrogen-bond acceptors (Lipinski definition) is 4. The number of nitrogens with one attached hydrogen (secondary N) is 2. The molecule has 2 N–H and O–H groups in total. The molecule has 0 rings (SSSR count). The number of amides is 3. The quantitative estimate of drug-likeness (QED) is 0.607. The van der Waals surface area contributed by atoms with E-state index in [1.807, 2.05) is 0 Å². The molecule has 17 heavy (non-hydrogen) atoms. The summed E-state index contributed by atoms with van der Waals surface area (Å²) in [7, 11) is 1.47. The number of nitrogens with zero attached hydrogens (tertiary/aromatic N) is 1. The fraction of sp³-hybridized carbons (Fsp3) is 0.700. The van der Waals surface area contributed by atoms with Crippen molar-refractivity contribution in [3.05, 3.63) is 0 Å². The fourth-order valence-electron chi connectivity index (χ4n) is 1.04. The lowest BCUT2D eigenvalue weighted by molar-refractivity contribution is -0.141. The second-order valence-corrected chi connectivity index (χ2v) is 3.27. The maximum Gasteiger partial charge on any atom is 0.325 e. The summed E-state index contributed by atoms with van der Waals surface area (Å²) in [6.07, 6.45) is 0. The number of carbonyl (C=O) groups is 3. The van der Waals surface area contributed by atoms with Crippen molar-refractivity contribution in [1.29, 1.82) is 0 Å². The predicted molar refractivity (Wildman–Crippen MR) is 61.3 cm³/mol. The Morgan fingerprint density at radius 1 is 1.18 bits per heavy atom. The van der Waals surface area contributed by atoms with Crippen LogP contribution in [0, 0.1) is 0 Å². The summed E-state index contributed by atoms with van der Waals surface area (Å²) < 4.78 is 4.64. The molecule has 0 saturated carbocycles. The molecule has 0 saturated heterocycles. The molecular weight excluding hydrogens is 226 g/mol. The van der Waals surface area contributed by atoms with Crippen LogP contribution in [0.2, 0.25) is 0 Å². The summed E-state index contributed by atoms with van der Waals surface area (Å²) >= 11 is 0. The van der Waals surface area contributed by atoms with E-state index < -0.39 is 12.0 Å². The van der Waals surface area contributed by atoms with Gasteiger partial charge in [-0.05, 0) is 13.8 Å². The first-order chi connectivity index (χ1) is 8.01. The Balaban J connectivity index is 3.89. The number of rotatable bonds is 6. The van der Waals surface area contributed by atoms with Crippen LogP contribution in [0.1, 0.15) is 13.8 Å². The summed E-state index contributed by atoms with van der Waals surface area (Å²) in [6.45, 7) is 4.00. The number of hydrogen-bond donors (Lipinski definition) is 2. The lowest BCUT2D eigenvalue weighted by Crippen LogP contribution is -2.44. The second-order valence-electron chi connectivity index (χ2n) is 3.27. The summed E-state index contributed by atoms with van der Waals surface area (Å²) in [4.78, 5) is 34.7. The Morgan fingerprint density at radius 2 is 1.82 bits per heavy atom. The molecule has 7 heteroatoms. The Labute approximate surface area is 100 Å². The third-order valence-electron chi connectivity index (χ3n) is 1.79. The van der Waals surface area contributed by atoms with Crippen LogP contribution < -0.4 is 10.6 Å². The van der Waals surface area contributed by atoms with Crippen molar-refractivity contribution in [3.63, 3.8) is 0 Å². The van der Waals surface area contributed by atoms with E-state index in [0.29, 0.717) is 6.54 Å². The van der Waals surface area contributed by atoms with Gasteiger partial charge in [0.15, 0.2) is 0 Å². The van der Waals surface area contributed by atoms with Crippen molar-refractivity contribution in [1.82, 2.24) is 15.5 Å². The molecule has 0 aliphatic rings. The van der Waals surface area contributed by atoms with Gasteiger partial charge in [0.25, 0.3) is 0 Å². The van der Waals surface area contributed by atoms with E-state index in [-0.39, 0.29) is 25.6 Å². The van der Waals surface area contributed by atoms with E-state index in [1.165, 1.54) is 11.9 Å². The molecule has 0 unspecified atom stereocenters. The zero-order chi connectivity index (χ0) is 13.3. The Bertz CT molecular complexity index is 281. The number of esters is 1. The van der Waals surface area contributed by atoms with Gasteiger partial charge < -0.3 is 20.3 Å². The second kappa shape index (κ2) is 8.37. The zero-order valence-corrected chi connectivity index (χ0v) is 10.4. The average Bonchev–Trinajstić information content (AvgIpc) is 2.26. The first kappa shape index (κ1) is 15.2. The van der Waals surface area contributed by atoms with Gasteiger partial charge >= 0.3 is 12.0 Å². The first-order valence-corrected chi connectivity index (χ1v) is 5.42. The highest BCUT2D eigenvalue weighted by Crippen LogP contribution is 1.85. The van der Waals surface area contributed by atoms with Crippen LogP contribution in [0.15, 0.2) is 0 Å². The molecule has 98 valence electrons. The molecule has 0 bridgehead atoms. The number of urea groups is 1. The van der Waals surface area contributed by atoms with E-state index in [4.69, 9.17) is 0 Å². The first-order valence-electron chi connectivity index (χ1n) is 5.42. The van der Waals surface area contributed by atoms with E-state index >= 15 is 0 Å². The van der Waals surface area contributed by atoms with Gasteiger partial charge in [0.05, 0.1) is 6.61 Å². The SMILES string of the molecule is CCNC(=O)CN(C)C(=O)NCC(=O)OCC. The van der Waals surface area contributed by atoms with Crippen LogP contribution in [0.25, 0.3) is 0 Å². The molecule has 0 aromatic heterocycles. The van der Waals surface area contributed by atoms with E-state index in [9.17, 15) is 14.4 Å². The molecule has 0 aromatic carbocycles. The normalized spacial score (nSPS) is 9.35. The molecule has 0 fully saturated rings. The zero-order valence-electron chi connectivity index (χ0n) is 10.4. The lowest BCUT2D eigenvalue weighted by atomic mass is 10.5. The highest BCUT2D eigenvalue weighted by Gasteiger charge is 2.13. The van der Waals surface area contributed by atoms with Gasteiger partial charge in [0.2, 0.25) is 5.91 Å². The van der Waals surface area contributed by atoms with Crippen molar-refractivity contribution in [2.24, 2.45) is 0 Å². The molecule has 0 radical (unpaired) electrons. The van der Waals surface area contributed by atoms with E-state index in [1.54, 1.807) is 13.8 Å². The Kier molecular flexibility index (Phi) is 7.49. The van der Waals surface area contributed by atoms with Gasteiger partial charge in [-0.1, -0.05) is 0 Å². The standard InChI is InChI=1S/C10H19N3O4/c1-4-11-8(14)7-13(3)10(16)12-6-9(15)17-5-2/h4-7H2,1-3H3,(H,11,14)(H,12,16). The average molecular weight is 245 g/mol. The molecular formula is C10H19N3O4. The molecule has 0 aromatic rings. The monoisotopic (exact) mass is 245 g/mol. The Morgan fingerprint density at radius 3 is 2.35 bits per heavy atom. The highest BCUT2D eigenvalue weighted by molar-refractivity contribution is 5.85. The summed E-state index contributed by atoms with van der Waals surface area (Å²) in [5, 5.41) is 4.91. The smallest absolute Gasteiger partial charge is 0.325 e.